The lowest BCUT2D eigenvalue weighted by Crippen LogP contribution is -2.42. The molecular formula is C24H26F2N6O3. The first-order valence-electron chi connectivity index (χ1n) is 11.2. The van der Waals surface area contributed by atoms with Gasteiger partial charge in [-0.1, -0.05) is 0 Å². The van der Waals surface area contributed by atoms with Crippen LogP contribution in [0.1, 0.15) is 36.2 Å². The second kappa shape index (κ2) is 9.93. The van der Waals surface area contributed by atoms with Gasteiger partial charge < -0.3 is 20.5 Å². The van der Waals surface area contributed by atoms with E-state index in [9.17, 15) is 18.7 Å². The molecule has 0 bridgehead atoms. The molecule has 3 atom stereocenters. The molecule has 0 aromatic carbocycles. The van der Waals surface area contributed by atoms with Crippen LogP contribution in [-0.4, -0.2) is 69.3 Å². The monoisotopic (exact) mass is 484 g/mol. The summed E-state index contributed by atoms with van der Waals surface area (Å²) in [6, 6.07) is 6.54. The van der Waals surface area contributed by atoms with E-state index in [-0.39, 0.29) is 12.2 Å². The molecule has 4 heterocycles. The summed E-state index contributed by atoms with van der Waals surface area (Å²) in [5.41, 5.74) is -0.223. The Hall–Kier alpha value is -3.62. The quantitative estimate of drug-likeness (QED) is 0.471. The Morgan fingerprint density at radius 3 is 2.91 bits per heavy atom. The van der Waals surface area contributed by atoms with Crippen LogP contribution in [0, 0.1) is 11.3 Å². The Morgan fingerprint density at radius 1 is 1.40 bits per heavy atom. The van der Waals surface area contributed by atoms with Crippen LogP contribution < -0.4 is 10.6 Å². The van der Waals surface area contributed by atoms with Gasteiger partial charge in [-0.15, -0.1) is 0 Å². The molecule has 0 saturated carbocycles. The maximum atomic E-state index is 14.5. The number of hydrogen-bond donors (Lipinski definition) is 3. The number of nitrogens with zero attached hydrogens (tertiary/aromatic N) is 4. The van der Waals surface area contributed by atoms with E-state index in [1.165, 1.54) is 26.2 Å². The van der Waals surface area contributed by atoms with Crippen LogP contribution in [0.5, 0.6) is 0 Å². The Bertz CT molecular complexity index is 1270. The van der Waals surface area contributed by atoms with Gasteiger partial charge in [0.25, 0.3) is 5.91 Å². The molecule has 4 rings (SSSR count). The second-order valence-corrected chi connectivity index (χ2v) is 8.98. The molecule has 9 nitrogen and oxygen atoms in total. The number of carbonyl (C=O) groups is 1. The second-order valence-electron chi connectivity index (χ2n) is 8.98. The molecule has 0 radical (unpaired) electrons. The fraction of sp³-hybridized carbons (Fsp3) is 0.417. The highest BCUT2D eigenvalue weighted by molar-refractivity contribution is 5.99. The summed E-state index contributed by atoms with van der Waals surface area (Å²) in [7, 11) is 0. The maximum Gasteiger partial charge on any atom is 0.255 e. The normalized spacial score (nSPS) is 19.2. The SMILES string of the molecule is CC(C)(O)C(F)CNC(=O)c1cnc(-n2ccc3cc(C#N)cnc32)cc1NC1CCOCC1F. The lowest BCUT2D eigenvalue weighted by Gasteiger charge is -2.28. The number of carbonyl (C=O) groups excluding carboxylic acids is 1. The van der Waals surface area contributed by atoms with E-state index < -0.39 is 36.4 Å². The van der Waals surface area contributed by atoms with Crippen molar-refractivity contribution in [2.75, 3.05) is 25.1 Å². The fourth-order valence-corrected chi connectivity index (χ4v) is 3.74. The van der Waals surface area contributed by atoms with Gasteiger partial charge in [-0.2, -0.15) is 5.26 Å². The van der Waals surface area contributed by atoms with Crippen LogP contribution in [0.25, 0.3) is 16.9 Å². The van der Waals surface area contributed by atoms with Crippen molar-refractivity contribution in [3.63, 3.8) is 0 Å². The topological polar surface area (TPSA) is 125 Å². The number of ether oxygens (including phenoxy) is 1. The third-order valence-electron chi connectivity index (χ3n) is 5.87. The molecule has 3 unspecified atom stereocenters. The molecule has 1 saturated heterocycles. The minimum Gasteiger partial charge on any atom is -0.387 e. The van der Waals surface area contributed by atoms with Crippen LogP contribution in [0.2, 0.25) is 0 Å². The number of fused-ring (bicyclic) bond motifs is 1. The van der Waals surface area contributed by atoms with Crippen LogP contribution in [0.3, 0.4) is 0 Å². The highest BCUT2D eigenvalue weighted by Crippen LogP contribution is 2.25. The number of nitrogens with one attached hydrogen (secondary N) is 2. The molecule has 1 aliphatic rings. The molecule has 1 amide bonds. The van der Waals surface area contributed by atoms with Crippen molar-refractivity contribution < 1.29 is 23.4 Å². The van der Waals surface area contributed by atoms with Crippen LogP contribution in [0.15, 0.2) is 36.8 Å². The van der Waals surface area contributed by atoms with Crippen molar-refractivity contribution in [3.05, 3.63) is 47.9 Å². The van der Waals surface area contributed by atoms with Crippen LogP contribution in [-0.2, 0) is 4.74 Å². The molecule has 11 heteroatoms. The number of alkyl halides is 2. The summed E-state index contributed by atoms with van der Waals surface area (Å²) in [6.07, 6.45) is 1.94. The molecule has 1 fully saturated rings. The molecule has 1 aliphatic heterocycles. The van der Waals surface area contributed by atoms with Gasteiger partial charge in [-0.05, 0) is 32.4 Å². The maximum absolute atomic E-state index is 14.5. The first-order chi connectivity index (χ1) is 16.7. The molecule has 0 spiro atoms. The first kappa shape index (κ1) is 24.5. The number of nitriles is 1. The molecule has 3 aromatic rings. The van der Waals surface area contributed by atoms with Gasteiger partial charge in [0.05, 0.1) is 41.6 Å². The van der Waals surface area contributed by atoms with E-state index in [2.05, 4.69) is 20.6 Å². The van der Waals surface area contributed by atoms with Gasteiger partial charge in [0.15, 0.2) is 0 Å². The minimum absolute atomic E-state index is 0.0559. The predicted octanol–water partition coefficient (Wildman–Crippen LogP) is 2.67. The Kier molecular flexibility index (Phi) is 6.95. The number of aromatic nitrogens is 3. The lowest BCUT2D eigenvalue weighted by atomic mass is 10.0. The number of pyridine rings is 2. The van der Waals surface area contributed by atoms with Gasteiger partial charge in [0, 0.05) is 36.7 Å². The lowest BCUT2D eigenvalue weighted by molar-refractivity contribution is -0.00177. The molecule has 184 valence electrons. The zero-order valence-corrected chi connectivity index (χ0v) is 19.3. The van der Waals surface area contributed by atoms with E-state index in [1.54, 1.807) is 29.0 Å². The van der Waals surface area contributed by atoms with E-state index in [0.717, 1.165) is 5.39 Å². The molecule has 3 N–H and O–H groups in total. The number of rotatable bonds is 7. The van der Waals surface area contributed by atoms with E-state index in [4.69, 9.17) is 10.00 Å². The molecular weight excluding hydrogens is 458 g/mol. The average molecular weight is 485 g/mol. The number of anilines is 1. The Balaban J connectivity index is 1.67. The summed E-state index contributed by atoms with van der Waals surface area (Å²) in [4.78, 5) is 21.6. The highest BCUT2D eigenvalue weighted by atomic mass is 19.1. The summed E-state index contributed by atoms with van der Waals surface area (Å²) in [5.74, 6) is -0.200. The first-order valence-corrected chi connectivity index (χ1v) is 11.2. The van der Waals surface area contributed by atoms with Gasteiger partial charge in [-0.3, -0.25) is 9.36 Å². The molecule has 0 aliphatic carbocycles. The standard InChI is InChI=1S/C24H26F2N6O3/c1-24(2,34)20(26)12-30-23(33)16-11-28-21(8-19(16)31-18-4-6-35-13-17(18)25)32-5-3-15-7-14(9-27)10-29-22(15)32/h3,5,7-8,10-11,17-18,20,34H,4,6,12-13H2,1-2H3,(H,28,31)(H,30,33). The van der Waals surface area contributed by atoms with Gasteiger partial charge in [-0.25, -0.2) is 18.7 Å². The Labute approximate surface area is 200 Å². The smallest absolute Gasteiger partial charge is 0.255 e. The average Bonchev–Trinajstić information content (AvgIpc) is 3.26. The van der Waals surface area contributed by atoms with Crippen LogP contribution in [0.4, 0.5) is 14.5 Å². The van der Waals surface area contributed by atoms with Crippen molar-refractivity contribution in [1.82, 2.24) is 19.9 Å². The number of halogens is 2. The van der Waals surface area contributed by atoms with E-state index in [1.807, 2.05) is 6.07 Å². The van der Waals surface area contributed by atoms with Gasteiger partial charge in [0.2, 0.25) is 0 Å². The third-order valence-corrected chi connectivity index (χ3v) is 5.87. The minimum atomic E-state index is -1.68. The Morgan fingerprint density at radius 2 is 2.20 bits per heavy atom. The number of amides is 1. The fourth-order valence-electron chi connectivity index (χ4n) is 3.74. The number of aliphatic hydroxyl groups is 1. The van der Waals surface area contributed by atoms with Crippen LogP contribution >= 0.6 is 0 Å². The zero-order valence-electron chi connectivity index (χ0n) is 19.3. The van der Waals surface area contributed by atoms with Crippen molar-refractivity contribution in [1.29, 1.82) is 5.26 Å². The van der Waals surface area contributed by atoms with Crippen molar-refractivity contribution in [3.8, 4) is 11.9 Å². The van der Waals surface area contributed by atoms with Gasteiger partial charge in [0.1, 0.15) is 29.9 Å². The zero-order chi connectivity index (χ0) is 25.2. The predicted molar refractivity (Wildman–Crippen MR) is 125 cm³/mol. The van der Waals surface area contributed by atoms with E-state index >= 15 is 0 Å². The van der Waals surface area contributed by atoms with Crippen molar-refractivity contribution in [2.45, 2.75) is 44.3 Å². The summed E-state index contributed by atoms with van der Waals surface area (Å²) < 4.78 is 35.5. The molecule has 3 aromatic heterocycles. The number of hydrogen-bond acceptors (Lipinski definition) is 7. The highest BCUT2D eigenvalue weighted by Gasteiger charge is 2.29. The third kappa shape index (κ3) is 5.39. The van der Waals surface area contributed by atoms with Crippen molar-refractivity contribution >= 4 is 22.6 Å². The largest absolute Gasteiger partial charge is 0.387 e. The van der Waals surface area contributed by atoms with Gasteiger partial charge >= 0.3 is 0 Å². The molecule has 35 heavy (non-hydrogen) atoms. The summed E-state index contributed by atoms with van der Waals surface area (Å²) >= 11 is 0. The summed E-state index contributed by atoms with van der Waals surface area (Å²) in [5, 5.41) is 25.2. The van der Waals surface area contributed by atoms with E-state index in [0.29, 0.717) is 35.7 Å². The summed E-state index contributed by atoms with van der Waals surface area (Å²) in [6.45, 7) is 2.54. The van der Waals surface area contributed by atoms with Crippen molar-refractivity contribution in [2.24, 2.45) is 0 Å².